The Morgan fingerprint density at radius 2 is 1.85 bits per heavy atom. The van der Waals surface area contributed by atoms with Crippen LogP contribution in [-0.4, -0.2) is 23.9 Å². The SMILES string of the molecule is Cc1cc(Cl)ccc1O[C@H](C)C(=O)NNC(=O)[C@@H]1CCCC[C@@H]1C(=O)[O-]. The van der Waals surface area contributed by atoms with Crippen molar-refractivity contribution in [2.24, 2.45) is 11.8 Å². The average molecular weight is 382 g/mol. The Balaban J connectivity index is 1.88. The number of halogens is 1. The van der Waals surface area contributed by atoms with Crippen molar-refractivity contribution in [2.45, 2.75) is 45.6 Å². The van der Waals surface area contributed by atoms with Gasteiger partial charge in [0.15, 0.2) is 6.10 Å². The number of benzene rings is 1. The van der Waals surface area contributed by atoms with E-state index in [2.05, 4.69) is 10.9 Å². The van der Waals surface area contributed by atoms with Crippen molar-refractivity contribution >= 4 is 29.4 Å². The van der Waals surface area contributed by atoms with Gasteiger partial charge in [0.2, 0.25) is 5.91 Å². The lowest BCUT2D eigenvalue weighted by Gasteiger charge is -2.31. The Hall–Kier alpha value is -2.28. The lowest BCUT2D eigenvalue weighted by Crippen LogP contribution is -2.52. The zero-order valence-electron chi connectivity index (χ0n) is 14.7. The van der Waals surface area contributed by atoms with Crippen molar-refractivity contribution < 1.29 is 24.2 Å². The number of carbonyl (C=O) groups excluding carboxylic acids is 3. The maximum absolute atomic E-state index is 12.2. The van der Waals surface area contributed by atoms with Crippen LogP contribution in [0.15, 0.2) is 18.2 Å². The Bertz CT molecular complexity index is 694. The molecule has 2 amide bonds. The van der Waals surface area contributed by atoms with Crippen LogP contribution in [0.4, 0.5) is 0 Å². The van der Waals surface area contributed by atoms with Gasteiger partial charge in [0.25, 0.3) is 5.91 Å². The maximum Gasteiger partial charge on any atom is 0.279 e. The molecule has 7 nitrogen and oxygen atoms in total. The first-order valence-electron chi connectivity index (χ1n) is 8.53. The first-order chi connectivity index (χ1) is 12.3. The number of nitrogens with one attached hydrogen (secondary N) is 2. The summed E-state index contributed by atoms with van der Waals surface area (Å²) in [4.78, 5) is 35.5. The zero-order valence-corrected chi connectivity index (χ0v) is 15.5. The molecule has 0 aromatic heterocycles. The van der Waals surface area contributed by atoms with Crippen molar-refractivity contribution in [3.8, 4) is 5.75 Å². The fourth-order valence-corrected chi connectivity index (χ4v) is 3.26. The van der Waals surface area contributed by atoms with Gasteiger partial charge < -0.3 is 14.6 Å². The number of rotatable bonds is 5. The van der Waals surface area contributed by atoms with E-state index in [1.165, 1.54) is 0 Å². The van der Waals surface area contributed by atoms with E-state index >= 15 is 0 Å². The van der Waals surface area contributed by atoms with Gasteiger partial charge in [0.1, 0.15) is 5.75 Å². The number of carbonyl (C=O) groups is 3. The summed E-state index contributed by atoms with van der Waals surface area (Å²) >= 11 is 5.88. The molecule has 2 N–H and O–H groups in total. The number of hydrogen-bond donors (Lipinski definition) is 2. The quantitative estimate of drug-likeness (QED) is 0.743. The Kier molecular flexibility index (Phi) is 6.85. The summed E-state index contributed by atoms with van der Waals surface area (Å²) in [6.45, 7) is 3.34. The van der Waals surface area contributed by atoms with Crippen LogP contribution in [0.3, 0.4) is 0 Å². The van der Waals surface area contributed by atoms with Crippen molar-refractivity contribution in [1.29, 1.82) is 0 Å². The van der Waals surface area contributed by atoms with Gasteiger partial charge in [-0.2, -0.15) is 0 Å². The molecule has 142 valence electrons. The Morgan fingerprint density at radius 1 is 1.19 bits per heavy atom. The second-order valence-electron chi connectivity index (χ2n) is 6.46. The van der Waals surface area contributed by atoms with Crippen LogP contribution in [0.2, 0.25) is 5.02 Å². The van der Waals surface area contributed by atoms with Crippen LogP contribution >= 0.6 is 11.6 Å². The van der Waals surface area contributed by atoms with E-state index in [0.29, 0.717) is 23.6 Å². The Morgan fingerprint density at radius 3 is 2.46 bits per heavy atom. The molecule has 2 rings (SSSR count). The fraction of sp³-hybridized carbons (Fsp3) is 0.500. The normalized spacial score (nSPS) is 20.7. The van der Waals surface area contributed by atoms with Crippen LogP contribution in [0, 0.1) is 18.8 Å². The molecule has 0 spiro atoms. The molecule has 0 radical (unpaired) electrons. The third kappa shape index (κ3) is 5.11. The third-order valence-corrected chi connectivity index (χ3v) is 4.76. The summed E-state index contributed by atoms with van der Waals surface area (Å²) in [6, 6.07) is 5.03. The molecular formula is C18H22ClN2O5-. The number of aliphatic carboxylic acids is 1. The standard InChI is InChI=1S/C18H23ClN2O5/c1-10-9-12(19)7-8-15(10)26-11(2)16(22)20-21-17(23)13-5-3-4-6-14(13)18(24)25/h7-9,11,13-14H,3-6H2,1-2H3,(H,20,22)(H,21,23)(H,24,25)/p-1/t11-,13-,14+/m1/s1. The van der Waals surface area contributed by atoms with Gasteiger partial charge in [0.05, 0.1) is 0 Å². The summed E-state index contributed by atoms with van der Waals surface area (Å²) in [5.74, 6) is -3.33. The van der Waals surface area contributed by atoms with Crippen molar-refractivity contribution in [2.75, 3.05) is 0 Å². The minimum Gasteiger partial charge on any atom is -0.550 e. The second kappa shape index (κ2) is 8.89. The first kappa shape index (κ1) is 20.0. The molecular weight excluding hydrogens is 360 g/mol. The molecule has 1 aromatic carbocycles. The van der Waals surface area contributed by atoms with Gasteiger partial charge in [-0.1, -0.05) is 24.4 Å². The van der Waals surface area contributed by atoms with E-state index in [1.807, 2.05) is 0 Å². The highest BCUT2D eigenvalue weighted by Gasteiger charge is 2.32. The van der Waals surface area contributed by atoms with E-state index in [9.17, 15) is 19.5 Å². The summed E-state index contributed by atoms with van der Waals surface area (Å²) in [5.41, 5.74) is 5.36. The van der Waals surface area contributed by atoms with E-state index in [0.717, 1.165) is 18.4 Å². The van der Waals surface area contributed by atoms with Crippen LogP contribution in [0.5, 0.6) is 5.75 Å². The molecule has 1 aliphatic rings. The maximum atomic E-state index is 12.2. The monoisotopic (exact) mass is 381 g/mol. The van der Waals surface area contributed by atoms with Gasteiger partial charge in [-0.25, -0.2) is 0 Å². The molecule has 8 heteroatoms. The summed E-state index contributed by atoms with van der Waals surface area (Å²) < 4.78 is 5.57. The van der Waals surface area contributed by atoms with Gasteiger partial charge in [-0.3, -0.25) is 20.4 Å². The number of ether oxygens (including phenoxy) is 1. The molecule has 1 fully saturated rings. The number of carboxylic acids is 1. The minimum atomic E-state index is -1.23. The van der Waals surface area contributed by atoms with E-state index < -0.39 is 35.7 Å². The first-order valence-corrected chi connectivity index (χ1v) is 8.90. The van der Waals surface area contributed by atoms with Gasteiger partial charge >= 0.3 is 0 Å². The molecule has 3 atom stereocenters. The van der Waals surface area contributed by atoms with Crippen LogP contribution in [0.1, 0.15) is 38.2 Å². The zero-order chi connectivity index (χ0) is 19.3. The molecule has 0 aliphatic heterocycles. The second-order valence-corrected chi connectivity index (χ2v) is 6.90. The molecule has 0 heterocycles. The fourth-order valence-electron chi connectivity index (χ4n) is 3.03. The molecule has 0 unspecified atom stereocenters. The summed E-state index contributed by atoms with van der Waals surface area (Å²) in [7, 11) is 0. The van der Waals surface area contributed by atoms with Crippen LogP contribution < -0.4 is 20.7 Å². The van der Waals surface area contributed by atoms with Crippen LogP contribution in [0.25, 0.3) is 0 Å². The number of hydrazine groups is 1. The number of carboxylic acid groups (broad SMARTS) is 1. The van der Waals surface area contributed by atoms with Gasteiger partial charge in [-0.05, 0) is 50.5 Å². The van der Waals surface area contributed by atoms with Crippen molar-refractivity contribution in [3.05, 3.63) is 28.8 Å². The summed E-state index contributed by atoms with van der Waals surface area (Å²) in [5, 5.41) is 11.7. The number of hydrogen-bond acceptors (Lipinski definition) is 5. The van der Waals surface area contributed by atoms with Crippen molar-refractivity contribution in [1.82, 2.24) is 10.9 Å². The predicted octanol–water partition coefficient (Wildman–Crippen LogP) is 1.12. The lowest BCUT2D eigenvalue weighted by molar-refractivity contribution is -0.314. The van der Waals surface area contributed by atoms with E-state index in [-0.39, 0.29) is 0 Å². The molecule has 26 heavy (non-hydrogen) atoms. The smallest absolute Gasteiger partial charge is 0.279 e. The predicted molar refractivity (Wildman–Crippen MR) is 93.0 cm³/mol. The molecule has 1 aliphatic carbocycles. The molecule has 1 aromatic rings. The highest BCUT2D eigenvalue weighted by Crippen LogP contribution is 2.29. The van der Waals surface area contributed by atoms with E-state index in [1.54, 1.807) is 32.0 Å². The van der Waals surface area contributed by atoms with Crippen molar-refractivity contribution in [3.63, 3.8) is 0 Å². The van der Waals surface area contributed by atoms with Gasteiger partial charge in [-0.15, -0.1) is 0 Å². The number of amides is 2. The largest absolute Gasteiger partial charge is 0.550 e. The molecule has 0 saturated heterocycles. The van der Waals surface area contributed by atoms with E-state index in [4.69, 9.17) is 16.3 Å². The average Bonchev–Trinajstić information content (AvgIpc) is 2.61. The van der Waals surface area contributed by atoms with Gasteiger partial charge in [0, 0.05) is 22.8 Å². The number of aryl methyl sites for hydroxylation is 1. The molecule has 0 bridgehead atoms. The Labute approximate surface area is 157 Å². The highest BCUT2D eigenvalue weighted by atomic mass is 35.5. The van der Waals surface area contributed by atoms with Crippen LogP contribution in [-0.2, 0) is 14.4 Å². The minimum absolute atomic E-state index is 0.406. The molecule has 1 saturated carbocycles. The highest BCUT2D eigenvalue weighted by molar-refractivity contribution is 6.30. The summed E-state index contributed by atoms with van der Waals surface area (Å²) in [6.07, 6.45) is 1.52. The topological polar surface area (TPSA) is 108 Å². The lowest BCUT2D eigenvalue weighted by atomic mass is 9.79. The third-order valence-electron chi connectivity index (χ3n) is 4.52.